The molecule has 1 aliphatic heterocycles. The number of hydrogen-bond donors (Lipinski definition) is 2. The van der Waals surface area contributed by atoms with E-state index in [0.29, 0.717) is 13.0 Å². The molecule has 0 aromatic heterocycles. The molecule has 0 aromatic rings. The summed E-state index contributed by atoms with van der Waals surface area (Å²) in [5, 5.41) is 5.64. The first-order valence-corrected chi connectivity index (χ1v) is 3.74. The number of amides is 1. The molecule has 0 aliphatic carbocycles. The van der Waals surface area contributed by atoms with Gasteiger partial charge >= 0.3 is 0 Å². The maximum atomic E-state index is 10.0. The van der Waals surface area contributed by atoms with Crippen molar-refractivity contribution in [2.75, 3.05) is 6.54 Å². The maximum absolute atomic E-state index is 10.0. The van der Waals surface area contributed by atoms with Gasteiger partial charge in [-0.1, -0.05) is 6.58 Å². The number of carbonyl (C=O) groups excluding carboxylic acids is 1. The van der Waals surface area contributed by atoms with E-state index in [4.69, 9.17) is 0 Å². The predicted molar refractivity (Wildman–Crippen MR) is 48.2 cm³/mol. The van der Waals surface area contributed by atoms with E-state index >= 15 is 0 Å². The minimum Gasteiger partial charge on any atom is -0.365 e. The largest absolute Gasteiger partial charge is 0.365 e. The van der Waals surface area contributed by atoms with Gasteiger partial charge in [0.1, 0.15) is 0 Å². The minimum absolute atomic E-state index is 0.527. The Morgan fingerprint density at radius 1 is 1.75 bits per heavy atom. The summed E-state index contributed by atoms with van der Waals surface area (Å²) in [4.78, 5) is 10.0. The first-order chi connectivity index (χ1) is 5.74. The Bertz CT molecular complexity index is 264. The van der Waals surface area contributed by atoms with Crippen LogP contribution in [-0.4, -0.2) is 13.0 Å². The zero-order chi connectivity index (χ0) is 8.97. The molecule has 0 spiro atoms. The molecule has 1 aliphatic rings. The van der Waals surface area contributed by atoms with E-state index < -0.39 is 0 Å². The van der Waals surface area contributed by atoms with Gasteiger partial charge in [-0.3, -0.25) is 4.79 Å². The lowest BCUT2D eigenvalue weighted by molar-refractivity contribution is -0.109. The summed E-state index contributed by atoms with van der Waals surface area (Å²) >= 11 is 0. The van der Waals surface area contributed by atoms with Crippen LogP contribution < -0.4 is 10.6 Å². The van der Waals surface area contributed by atoms with E-state index in [0.717, 1.165) is 16.8 Å². The van der Waals surface area contributed by atoms with Crippen LogP contribution in [0.4, 0.5) is 0 Å². The summed E-state index contributed by atoms with van der Waals surface area (Å²) in [6.07, 6.45) is 4.48. The summed E-state index contributed by atoms with van der Waals surface area (Å²) in [6, 6.07) is 0. The Hall–Kier alpha value is -1.51. The molecule has 1 rings (SSSR count). The van der Waals surface area contributed by atoms with Gasteiger partial charge in [0.05, 0.1) is 0 Å². The van der Waals surface area contributed by atoms with Gasteiger partial charge in [-0.25, -0.2) is 0 Å². The van der Waals surface area contributed by atoms with Crippen LogP contribution >= 0.6 is 0 Å². The molecule has 0 saturated carbocycles. The summed E-state index contributed by atoms with van der Waals surface area (Å²) in [6.45, 7) is 6.35. The summed E-state index contributed by atoms with van der Waals surface area (Å²) in [5.74, 6) is 0. The van der Waals surface area contributed by atoms with Gasteiger partial charge < -0.3 is 10.6 Å². The van der Waals surface area contributed by atoms with Crippen molar-refractivity contribution in [2.45, 2.75) is 6.92 Å². The lowest BCUT2D eigenvalue weighted by atomic mass is 10.1. The molecule has 3 heteroatoms. The number of rotatable bonds is 3. The molecule has 64 valence electrons. The molecular weight excluding hydrogens is 152 g/mol. The molecule has 0 radical (unpaired) electrons. The summed E-state index contributed by atoms with van der Waals surface area (Å²) in [5.41, 5.74) is 3.02. The standard InChI is InChI=1S/C9H12N2O/c1-7-3-8(2)11-5-9(7)4-10-6-12/h3,5-6,11H,1,4H2,2H3,(H,10,12). The summed E-state index contributed by atoms with van der Waals surface area (Å²) in [7, 11) is 0. The smallest absolute Gasteiger partial charge is 0.207 e. The van der Waals surface area contributed by atoms with Crippen LogP contribution in [0, 0.1) is 0 Å². The summed E-state index contributed by atoms with van der Waals surface area (Å²) < 4.78 is 0. The van der Waals surface area contributed by atoms with Crippen LogP contribution in [0.5, 0.6) is 0 Å². The Kier molecular flexibility index (Phi) is 2.69. The number of carbonyl (C=O) groups is 1. The molecule has 12 heavy (non-hydrogen) atoms. The van der Waals surface area contributed by atoms with Crippen LogP contribution in [-0.2, 0) is 4.79 Å². The van der Waals surface area contributed by atoms with Crippen molar-refractivity contribution >= 4 is 6.41 Å². The second kappa shape index (κ2) is 3.76. The van der Waals surface area contributed by atoms with Gasteiger partial charge in [0.25, 0.3) is 0 Å². The lowest BCUT2D eigenvalue weighted by Crippen LogP contribution is -2.19. The highest BCUT2D eigenvalue weighted by Gasteiger charge is 2.04. The average Bonchev–Trinajstić information content (AvgIpc) is 2.03. The molecule has 0 unspecified atom stereocenters. The normalized spacial score (nSPS) is 15.9. The van der Waals surface area contributed by atoms with Crippen molar-refractivity contribution in [2.24, 2.45) is 0 Å². The second-order valence-corrected chi connectivity index (χ2v) is 2.67. The van der Waals surface area contributed by atoms with E-state index in [1.54, 1.807) is 0 Å². The zero-order valence-corrected chi connectivity index (χ0v) is 7.05. The van der Waals surface area contributed by atoms with E-state index in [-0.39, 0.29) is 0 Å². The monoisotopic (exact) mass is 164 g/mol. The van der Waals surface area contributed by atoms with Crippen LogP contribution in [0.1, 0.15) is 6.92 Å². The topological polar surface area (TPSA) is 41.1 Å². The van der Waals surface area contributed by atoms with E-state index in [1.807, 2.05) is 19.2 Å². The lowest BCUT2D eigenvalue weighted by Gasteiger charge is -2.14. The quantitative estimate of drug-likeness (QED) is 0.602. The van der Waals surface area contributed by atoms with Crippen LogP contribution in [0.15, 0.2) is 35.7 Å². The van der Waals surface area contributed by atoms with Crippen LogP contribution in [0.2, 0.25) is 0 Å². The zero-order valence-electron chi connectivity index (χ0n) is 7.05. The molecule has 0 bridgehead atoms. The van der Waals surface area contributed by atoms with Gasteiger partial charge in [0, 0.05) is 18.4 Å². The first-order valence-electron chi connectivity index (χ1n) is 3.74. The van der Waals surface area contributed by atoms with Crippen LogP contribution in [0.25, 0.3) is 0 Å². The van der Waals surface area contributed by atoms with E-state index in [2.05, 4.69) is 17.2 Å². The van der Waals surface area contributed by atoms with Crippen molar-refractivity contribution in [3.63, 3.8) is 0 Å². The fourth-order valence-corrected chi connectivity index (χ4v) is 1.01. The van der Waals surface area contributed by atoms with Crippen molar-refractivity contribution in [3.8, 4) is 0 Å². The van der Waals surface area contributed by atoms with E-state index in [9.17, 15) is 4.79 Å². The highest BCUT2D eigenvalue weighted by Crippen LogP contribution is 2.13. The Labute approximate surface area is 71.8 Å². The van der Waals surface area contributed by atoms with Gasteiger partial charge in [-0.2, -0.15) is 0 Å². The fourth-order valence-electron chi connectivity index (χ4n) is 1.01. The second-order valence-electron chi connectivity index (χ2n) is 2.67. The SMILES string of the molecule is C=C1C=C(C)NC=C1CNC=O. The average molecular weight is 164 g/mol. The highest BCUT2D eigenvalue weighted by molar-refractivity contribution is 5.50. The molecule has 0 saturated heterocycles. The minimum atomic E-state index is 0.527. The first kappa shape index (κ1) is 8.59. The molecule has 0 atom stereocenters. The van der Waals surface area contributed by atoms with E-state index in [1.165, 1.54) is 0 Å². The maximum Gasteiger partial charge on any atom is 0.207 e. The molecule has 1 heterocycles. The Morgan fingerprint density at radius 2 is 2.50 bits per heavy atom. The predicted octanol–water partition coefficient (Wildman–Crippen LogP) is 0.679. The van der Waals surface area contributed by atoms with Gasteiger partial charge in [0.15, 0.2) is 0 Å². The molecule has 0 fully saturated rings. The van der Waals surface area contributed by atoms with Gasteiger partial charge in [0.2, 0.25) is 6.41 Å². The number of dihydropyridines is 1. The van der Waals surface area contributed by atoms with Gasteiger partial charge in [-0.15, -0.1) is 0 Å². The third-order valence-corrected chi connectivity index (χ3v) is 1.65. The number of hydrogen-bond acceptors (Lipinski definition) is 2. The van der Waals surface area contributed by atoms with Gasteiger partial charge in [-0.05, 0) is 24.1 Å². The third-order valence-electron chi connectivity index (χ3n) is 1.65. The van der Waals surface area contributed by atoms with Crippen molar-refractivity contribution in [1.82, 2.24) is 10.6 Å². The molecule has 3 nitrogen and oxygen atoms in total. The molecule has 0 aromatic carbocycles. The fraction of sp³-hybridized carbons (Fsp3) is 0.222. The van der Waals surface area contributed by atoms with Crippen molar-refractivity contribution in [1.29, 1.82) is 0 Å². The van der Waals surface area contributed by atoms with Crippen molar-refractivity contribution < 1.29 is 4.79 Å². The molecular formula is C9H12N2O. The number of allylic oxidation sites excluding steroid dienone is 2. The highest BCUT2D eigenvalue weighted by atomic mass is 16.1. The molecule has 1 amide bonds. The van der Waals surface area contributed by atoms with Crippen molar-refractivity contribution in [3.05, 3.63) is 35.7 Å². The van der Waals surface area contributed by atoms with Crippen LogP contribution in [0.3, 0.4) is 0 Å². The number of nitrogens with one attached hydrogen (secondary N) is 2. The molecule has 2 N–H and O–H groups in total. The Morgan fingerprint density at radius 3 is 3.08 bits per heavy atom. The Balaban J connectivity index is 2.57. The third kappa shape index (κ3) is 1.99.